The molecule has 0 radical (unpaired) electrons. The molecule has 0 saturated carbocycles. The molecule has 1 aromatic heterocycles. The van der Waals surface area contributed by atoms with Crippen LogP contribution in [-0.2, 0) is 11.3 Å². The van der Waals surface area contributed by atoms with Crippen LogP contribution in [0.15, 0.2) is 41.6 Å². The zero-order valence-corrected chi connectivity index (χ0v) is 22.4. The van der Waals surface area contributed by atoms with E-state index in [1.54, 1.807) is 6.07 Å². The van der Waals surface area contributed by atoms with Gasteiger partial charge in [0.25, 0.3) is 5.91 Å². The van der Waals surface area contributed by atoms with Crippen LogP contribution in [0.5, 0.6) is 0 Å². The Bertz CT molecular complexity index is 1150. The molecule has 0 bridgehead atoms. The minimum Gasteiger partial charge on any atom is -0.342 e. The van der Waals surface area contributed by atoms with Crippen LogP contribution >= 0.6 is 34.4 Å². The molecule has 33 heavy (non-hydrogen) atoms. The van der Waals surface area contributed by atoms with Crippen LogP contribution < -0.4 is 10.6 Å². The Morgan fingerprint density at radius 2 is 1.82 bits per heavy atom. The first kappa shape index (κ1) is 25.2. The molecule has 174 valence electrons. The molecule has 0 unspecified atom stereocenters. The molecule has 0 aliphatic heterocycles. The van der Waals surface area contributed by atoms with Crippen molar-refractivity contribution in [1.29, 1.82) is 0 Å². The fourth-order valence-corrected chi connectivity index (χ4v) is 5.31. The number of aromatic nitrogens is 3. The Labute approximate surface area is 212 Å². The van der Waals surface area contributed by atoms with Gasteiger partial charge in [0, 0.05) is 21.4 Å². The highest BCUT2D eigenvalue weighted by Crippen LogP contribution is 2.25. The lowest BCUT2D eigenvalue weighted by molar-refractivity contribution is -0.113. The number of aryl methyl sites for hydroxylation is 3. The summed E-state index contributed by atoms with van der Waals surface area (Å²) in [4.78, 5) is 25.2. The van der Waals surface area contributed by atoms with Crippen molar-refractivity contribution >= 4 is 51.9 Å². The molecule has 0 aliphatic carbocycles. The standard InChI is InChI=1S/C24H28IN5O2S/c1-6-30-22(17(5)26-23(32)18-9-7-8-14(2)10-18)28-29-24(30)33-13-20(31)27-21-15(3)11-19(25)12-16(21)4/h7-12,17H,6,13H2,1-5H3,(H,26,32)(H,27,31)/t17-/m1/s1. The van der Waals surface area contributed by atoms with Crippen LogP contribution in [0.25, 0.3) is 0 Å². The second kappa shape index (κ2) is 11.1. The van der Waals surface area contributed by atoms with Gasteiger partial charge in [-0.2, -0.15) is 0 Å². The maximum atomic E-state index is 12.6. The minimum absolute atomic E-state index is 0.0968. The second-order valence-corrected chi connectivity index (χ2v) is 10.1. The van der Waals surface area contributed by atoms with E-state index in [2.05, 4.69) is 43.4 Å². The number of carbonyl (C=O) groups excluding carboxylic acids is 2. The molecule has 3 rings (SSSR count). The van der Waals surface area contributed by atoms with E-state index in [-0.39, 0.29) is 23.6 Å². The third-order valence-corrected chi connectivity index (χ3v) is 6.76. The number of hydrogen-bond donors (Lipinski definition) is 2. The third-order valence-electron chi connectivity index (χ3n) is 5.17. The Balaban J connectivity index is 1.65. The van der Waals surface area contributed by atoms with Crippen molar-refractivity contribution in [2.45, 2.75) is 52.4 Å². The molecular formula is C24H28IN5O2S. The molecule has 2 N–H and O–H groups in total. The Morgan fingerprint density at radius 3 is 2.45 bits per heavy atom. The lowest BCUT2D eigenvalue weighted by Gasteiger charge is -2.15. The summed E-state index contributed by atoms with van der Waals surface area (Å²) in [5, 5.41) is 15.2. The van der Waals surface area contributed by atoms with Crippen molar-refractivity contribution in [3.8, 4) is 0 Å². The van der Waals surface area contributed by atoms with Crippen LogP contribution in [0.3, 0.4) is 0 Å². The Kier molecular flexibility index (Phi) is 8.52. The first-order chi connectivity index (χ1) is 15.7. The summed E-state index contributed by atoms with van der Waals surface area (Å²) in [5.74, 6) is 0.618. The number of nitrogens with zero attached hydrogens (tertiary/aromatic N) is 3. The maximum Gasteiger partial charge on any atom is 0.251 e. The molecule has 0 spiro atoms. The summed E-state index contributed by atoms with van der Waals surface area (Å²) in [6.07, 6.45) is 0. The number of halogens is 1. The van der Waals surface area contributed by atoms with Crippen LogP contribution in [-0.4, -0.2) is 32.3 Å². The molecule has 3 aromatic rings. The van der Waals surface area contributed by atoms with Gasteiger partial charge in [-0.15, -0.1) is 10.2 Å². The van der Waals surface area contributed by atoms with Gasteiger partial charge in [0.2, 0.25) is 5.91 Å². The van der Waals surface area contributed by atoms with Gasteiger partial charge in [-0.3, -0.25) is 9.59 Å². The summed E-state index contributed by atoms with van der Waals surface area (Å²) >= 11 is 3.60. The van der Waals surface area contributed by atoms with Gasteiger partial charge in [-0.05, 0) is 92.6 Å². The average Bonchev–Trinajstić information content (AvgIpc) is 3.17. The zero-order valence-electron chi connectivity index (χ0n) is 19.4. The number of benzene rings is 2. The van der Waals surface area contributed by atoms with Crippen molar-refractivity contribution in [2.24, 2.45) is 0 Å². The lowest BCUT2D eigenvalue weighted by atomic mass is 10.1. The zero-order chi connectivity index (χ0) is 24.1. The Hall–Kier alpha value is -2.40. The molecule has 2 aromatic carbocycles. The molecule has 0 saturated heterocycles. The number of nitrogens with one attached hydrogen (secondary N) is 2. The van der Waals surface area contributed by atoms with Crippen molar-refractivity contribution in [2.75, 3.05) is 11.1 Å². The van der Waals surface area contributed by atoms with Crippen LogP contribution in [0, 0.1) is 24.3 Å². The van der Waals surface area contributed by atoms with Crippen molar-refractivity contribution in [3.05, 3.63) is 68.0 Å². The van der Waals surface area contributed by atoms with E-state index in [1.165, 1.54) is 11.8 Å². The first-order valence-corrected chi connectivity index (χ1v) is 12.8. The van der Waals surface area contributed by atoms with Crippen molar-refractivity contribution in [1.82, 2.24) is 20.1 Å². The molecule has 1 heterocycles. The molecule has 0 fully saturated rings. The van der Waals surface area contributed by atoms with Crippen LogP contribution in [0.1, 0.15) is 52.8 Å². The molecular weight excluding hydrogens is 549 g/mol. The summed E-state index contributed by atoms with van der Waals surface area (Å²) in [6, 6.07) is 11.2. The topological polar surface area (TPSA) is 88.9 Å². The van der Waals surface area contributed by atoms with Gasteiger partial charge < -0.3 is 15.2 Å². The highest BCUT2D eigenvalue weighted by Gasteiger charge is 2.20. The number of anilines is 1. The number of carbonyl (C=O) groups is 2. The molecule has 9 heteroatoms. The first-order valence-electron chi connectivity index (χ1n) is 10.7. The summed E-state index contributed by atoms with van der Waals surface area (Å²) in [5.41, 5.74) is 4.56. The summed E-state index contributed by atoms with van der Waals surface area (Å²) in [7, 11) is 0. The quantitative estimate of drug-likeness (QED) is 0.289. The maximum absolute atomic E-state index is 12.6. The minimum atomic E-state index is -0.328. The number of hydrogen-bond acceptors (Lipinski definition) is 5. The monoisotopic (exact) mass is 577 g/mol. The van der Waals surface area contributed by atoms with E-state index in [9.17, 15) is 9.59 Å². The van der Waals surface area contributed by atoms with E-state index < -0.39 is 0 Å². The largest absolute Gasteiger partial charge is 0.342 e. The Morgan fingerprint density at radius 1 is 1.12 bits per heavy atom. The van der Waals surface area contributed by atoms with Crippen LogP contribution in [0.4, 0.5) is 5.69 Å². The number of rotatable bonds is 8. The molecule has 7 nitrogen and oxygen atoms in total. The lowest BCUT2D eigenvalue weighted by Crippen LogP contribution is -2.28. The predicted octanol–water partition coefficient (Wildman–Crippen LogP) is 5.05. The number of amides is 2. The molecule has 0 aliphatic rings. The van der Waals surface area contributed by atoms with Gasteiger partial charge in [0.05, 0.1) is 11.8 Å². The summed E-state index contributed by atoms with van der Waals surface area (Å²) < 4.78 is 3.07. The smallest absolute Gasteiger partial charge is 0.251 e. The molecule has 2 amide bonds. The van der Waals surface area contributed by atoms with E-state index in [4.69, 9.17) is 0 Å². The van der Waals surface area contributed by atoms with Crippen molar-refractivity contribution in [3.63, 3.8) is 0 Å². The normalized spacial score (nSPS) is 11.8. The van der Waals surface area contributed by atoms with E-state index in [0.717, 1.165) is 25.9 Å². The van der Waals surface area contributed by atoms with E-state index in [0.29, 0.717) is 23.1 Å². The van der Waals surface area contributed by atoms with Gasteiger partial charge in [0.1, 0.15) is 0 Å². The third kappa shape index (κ3) is 6.35. The average molecular weight is 577 g/mol. The van der Waals surface area contributed by atoms with Gasteiger partial charge in [-0.25, -0.2) is 0 Å². The number of thioether (sulfide) groups is 1. The van der Waals surface area contributed by atoms with Crippen LogP contribution in [0.2, 0.25) is 0 Å². The van der Waals surface area contributed by atoms with Gasteiger partial charge >= 0.3 is 0 Å². The fraction of sp³-hybridized carbons (Fsp3) is 0.333. The molecule has 1 atom stereocenters. The van der Waals surface area contributed by atoms with E-state index >= 15 is 0 Å². The van der Waals surface area contributed by atoms with Crippen molar-refractivity contribution < 1.29 is 9.59 Å². The highest BCUT2D eigenvalue weighted by molar-refractivity contribution is 14.1. The van der Waals surface area contributed by atoms with E-state index in [1.807, 2.05) is 69.5 Å². The fourth-order valence-electron chi connectivity index (χ4n) is 3.57. The summed E-state index contributed by atoms with van der Waals surface area (Å²) in [6.45, 7) is 10.4. The van der Waals surface area contributed by atoms with Gasteiger partial charge in [0.15, 0.2) is 11.0 Å². The van der Waals surface area contributed by atoms with Gasteiger partial charge in [-0.1, -0.05) is 29.5 Å². The second-order valence-electron chi connectivity index (χ2n) is 7.90. The SMILES string of the molecule is CCn1c(SCC(=O)Nc2c(C)cc(I)cc2C)nnc1[C@@H](C)NC(=O)c1cccc(C)c1. The highest BCUT2D eigenvalue weighted by atomic mass is 127. The predicted molar refractivity (Wildman–Crippen MR) is 141 cm³/mol.